The van der Waals surface area contributed by atoms with Crippen LogP contribution in [0.15, 0.2) is 18.2 Å². The summed E-state index contributed by atoms with van der Waals surface area (Å²) in [6.07, 6.45) is 5.52. The molecule has 94 valence electrons. The summed E-state index contributed by atoms with van der Waals surface area (Å²) in [5, 5.41) is 3.74. The maximum Gasteiger partial charge on any atom is 0.0210 e. The Kier molecular flexibility index (Phi) is 4.22. The summed E-state index contributed by atoms with van der Waals surface area (Å²) in [6.45, 7) is 7.79. The van der Waals surface area contributed by atoms with Crippen molar-refractivity contribution in [3.05, 3.63) is 34.9 Å². The van der Waals surface area contributed by atoms with Crippen LogP contribution in [0.4, 0.5) is 0 Å². The summed E-state index contributed by atoms with van der Waals surface area (Å²) in [7, 11) is 0. The topological polar surface area (TPSA) is 12.0 Å². The van der Waals surface area contributed by atoms with Crippen molar-refractivity contribution in [2.75, 3.05) is 0 Å². The van der Waals surface area contributed by atoms with Crippen LogP contribution >= 0.6 is 0 Å². The molecule has 1 aromatic rings. The lowest BCUT2D eigenvalue weighted by molar-refractivity contribution is 0.300. The first-order valence-electron chi connectivity index (χ1n) is 6.94. The van der Waals surface area contributed by atoms with Gasteiger partial charge in [-0.1, -0.05) is 43.5 Å². The molecule has 1 aliphatic carbocycles. The molecule has 2 rings (SSSR count). The van der Waals surface area contributed by atoms with Crippen LogP contribution in [0.1, 0.15) is 49.3 Å². The van der Waals surface area contributed by atoms with Crippen LogP contribution in [-0.4, -0.2) is 6.04 Å². The minimum atomic E-state index is 0.735. The van der Waals surface area contributed by atoms with E-state index in [0.717, 1.165) is 18.5 Å². The second-order valence-corrected chi connectivity index (χ2v) is 5.78. The minimum absolute atomic E-state index is 0.735. The van der Waals surface area contributed by atoms with E-state index in [4.69, 9.17) is 0 Å². The average Bonchev–Trinajstić information content (AvgIpc) is 2.30. The molecular formula is C16H25N. The molecule has 0 spiro atoms. The zero-order valence-corrected chi connectivity index (χ0v) is 11.4. The van der Waals surface area contributed by atoms with E-state index in [2.05, 4.69) is 44.3 Å². The molecule has 1 heteroatoms. The Balaban J connectivity index is 1.90. The van der Waals surface area contributed by atoms with E-state index in [9.17, 15) is 0 Å². The molecule has 0 aromatic heterocycles. The number of rotatable bonds is 3. The summed E-state index contributed by atoms with van der Waals surface area (Å²) in [4.78, 5) is 0. The second-order valence-electron chi connectivity index (χ2n) is 5.78. The maximum atomic E-state index is 3.74. The lowest BCUT2D eigenvalue weighted by Gasteiger charge is -2.27. The molecule has 1 aromatic carbocycles. The monoisotopic (exact) mass is 231 g/mol. The van der Waals surface area contributed by atoms with Crippen molar-refractivity contribution in [2.45, 2.75) is 59.0 Å². The molecule has 1 aliphatic rings. The van der Waals surface area contributed by atoms with Gasteiger partial charge in [-0.05, 0) is 43.7 Å². The fourth-order valence-corrected chi connectivity index (χ4v) is 2.86. The number of hydrogen-bond acceptors (Lipinski definition) is 1. The molecule has 0 saturated heterocycles. The van der Waals surface area contributed by atoms with Gasteiger partial charge in [0.25, 0.3) is 0 Å². The van der Waals surface area contributed by atoms with Crippen LogP contribution in [0.25, 0.3) is 0 Å². The van der Waals surface area contributed by atoms with Gasteiger partial charge in [-0.15, -0.1) is 0 Å². The molecule has 0 aliphatic heterocycles. The Labute approximate surface area is 106 Å². The van der Waals surface area contributed by atoms with E-state index in [1.807, 2.05) is 0 Å². The molecule has 0 amide bonds. The van der Waals surface area contributed by atoms with Gasteiger partial charge < -0.3 is 5.32 Å². The van der Waals surface area contributed by atoms with E-state index in [0.29, 0.717) is 0 Å². The largest absolute Gasteiger partial charge is 0.310 e. The summed E-state index contributed by atoms with van der Waals surface area (Å²) in [5.74, 6) is 0.903. The van der Waals surface area contributed by atoms with Crippen molar-refractivity contribution >= 4 is 0 Å². The Morgan fingerprint density at radius 3 is 2.82 bits per heavy atom. The fraction of sp³-hybridized carbons (Fsp3) is 0.625. The molecule has 2 atom stereocenters. The normalized spacial score (nSPS) is 24.9. The molecule has 0 bridgehead atoms. The number of benzene rings is 1. The highest BCUT2D eigenvalue weighted by Gasteiger charge is 2.18. The van der Waals surface area contributed by atoms with Crippen LogP contribution in [0.3, 0.4) is 0 Å². The fourth-order valence-electron chi connectivity index (χ4n) is 2.86. The zero-order chi connectivity index (χ0) is 12.3. The first-order chi connectivity index (χ1) is 8.15. The average molecular weight is 231 g/mol. The summed E-state index contributed by atoms with van der Waals surface area (Å²) in [6, 6.07) is 7.48. The molecular weight excluding hydrogens is 206 g/mol. The van der Waals surface area contributed by atoms with Gasteiger partial charge in [-0.3, -0.25) is 0 Å². The van der Waals surface area contributed by atoms with Crippen molar-refractivity contribution < 1.29 is 0 Å². The third kappa shape index (κ3) is 3.57. The standard InChI is InChI=1S/C16H25N/c1-12-5-4-6-16(10-12)17-11-15-9-13(2)7-8-14(15)3/h7-9,12,16-17H,4-6,10-11H2,1-3H3. The Bertz CT molecular complexity index is 370. The Morgan fingerprint density at radius 2 is 2.06 bits per heavy atom. The van der Waals surface area contributed by atoms with Crippen LogP contribution in [0, 0.1) is 19.8 Å². The van der Waals surface area contributed by atoms with Gasteiger partial charge >= 0.3 is 0 Å². The third-order valence-corrected chi connectivity index (χ3v) is 4.02. The van der Waals surface area contributed by atoms with Crippen molar-refractivity contribution in [1.82, 2.24) is 5.32 Å². The van der Waals surface area contributed by atoms with Gasteiger partial charge in [0.15, 0.2) is 0 Å². The number of aryl methyl sites for hydroxylation is 2. The first kappa shape index (κ1) is 12.6. The van der Waals surface area contributed by atoms with E-state index < -0.39 is 0 Å². The van der Waals surface area contributed by atoms with Gasteiger partial charge in [0, 0.05) is 12.6 Å². The quantitative estimate of drug-likeness (QED) is 0.830. The van der Waals surface area contributed by atoms with Crippen molar-refractivity contribution in [3.63, 3.8) is 0 Å². The highest BCUT2D eigenvalue weighted by Crippen LogP contribution is 2.24. The lowest BCUT2D eigenvalue weighted by Crippen LogP contribution is -2.33. The van der Waals surface area contributed by atoms with Crippen molar-refractivity contribution in [2.24, 2.45) is 5.92 Å². The molecule has 0 heterocycles. The summed E-state index contributed by atoms with van der Waals surface area (Å²) >= 11 is 0. The van der Waals surface area contributed by atoms with Gasteiger partial charge in [-0.25, -0.2) is 0 Å². The summed E-state index contributed by atoms with van der Waals surface area (Å²) < 4.78 is 0. The highest BCUT2D eigenvalue weighted by molar-refractivity contribution is 5.30. The lowest BCUT2D eigenvalue weighted by atomic mass is 9.87. The van der Waals surface area contributed by atoms with E-state index >= 15 is 0 Å². The van der Waals surface area contributed by atoms with Gasteiger partial charge in [-0.2, -0.15) is 0 Å². The van der Waals surface area contributed by atoms with Crippen LogP contribution in [0.5, 0.6) is 0 Å². The summed E-state index contributed by atoms with van der Waals surface area (Å²) in [5.41, 5.74) is 4.24. The number of hydrogen-bond donors (Lipinski definition) is 1. The van der Waals surface area contributed by atoms with Crippen molar-refractivity contribution in [1.29, 1.82) is 0 Å². The predicted molar refractivity (Wildman–Crippen MR) is 74.2 cm³/mol. The molecule has 0 radical (unpaired) electrons. The maximum absolute atomic E-state index is 3.74. The Morgan fingerprint density at radius 1 is 1.24 bits per heavy atom. The van der Waals surface area contributed by atoms with Crippen LogP contribution in [0.2, 0.25) is 0 Å². The smallest absolute Gasteiger partial charge is 0.0210 e. The van der Waals surface area contributed by atoms with E-state index in [1.54, 1.807) is 0 Å². The van der Waals surface area contributed by atoms with E-state index in [1.165, 1.54) is 42.4 Å². The molecule has 1 N–H and O–H groups in total. The zero-order valence-electron chi connectivity index (χ0n) is 11.4. The van der Waals surface area contributed by atoms with Gasteiger partial charge in [0.1, 0.15) is 0 Å². The van der Waals surface area contributed by atoms with Crippen LogP contribution in [-0.2, 0) is 6.54 Å². The Hall–Kier alpha value is -0.820. The van der Waals surface area contributed by atoms with Gasteiger partial charge in [0.2, 0.25) is 0 Å². The first-order valence-corrected chi connectivity index (χ1v) is 6.94. The van der Waals surface area contributed by atoms with Crippen molar-refractivity contribution in [3.8, 4) is 0 Å². The molecule has 1 fully saturated rings. The minimum Gasteiger partial charge on any atom is -0.310 e. The third-order valence-electron chi connectivity index (χ3n) is 4.02. The molecule has 1 saturated carbocycles. The second kappa shape index (κ2) is 5.68. The predicted octanol–water partition coefficient (Wildman–Crippen LogP) is 3.97. The molecule has 17 heavy (non-hydrogen) atoms. The van der Waals surface area contributed by atoms with E-state index in [-0.39, 0.29) is 0 Å². The van der Waals surface area contributed by atoms with Crippen LogP contribution < -0.4 is 5.32 Å². The molecule has 2 unspecified atom stereocenters. The molecule has 1 nitrogen and oxygen atoms in total. The highest BCUT2D eigenvalue weighted by atomic mass is 14.9. The number of nitrogens with one attached hydrogen (secondary N) is 1. The SMILES string of the molecule is Cc1ccc(C)c(CNC2CCCC(C)C2)c1. The van der Waals surface area contributed by atoms with Gasteiger partial charge in [0.05, 0.1) is 0 Å².